The zero-order valence-corrected chi connectivity index (χ0v) is 10.5. The normalized spacial score (nSPS) is 34.1. The van der Waals surface area contributed by atoms with Crippen LogP contribution in [0, 0.1) is 5.92 Å². The highest BCUT2D eigenvalue weighted by Gasteiger charge is 2.21. The zero-order chi connectivity index (χ0) is 9.10. The molecule has 2 fully saturated rings. The van der Waals surface area contributed by atoms with Crippen molar-refractivity contribution in [2.75, 3.05) is 37.7 Å². The maximum absolute atomic E-state index is 3.49. The van der Waals surface area contributed by atoms with Gasteiger partial charge in [0.25, 0.3) is 0 Å². The van der Waals surface area contributed by atoms with Crippen LogP contribution in [-0.2, 0) is 0 Å². The van der Waals surface area contributed by atoms with Crippen LogP contribution in [0.25, 0.3) is 0 Å². The standard InChI is InChI=1S/C10H20N2S.ClH/c1-9-6-12(4-3-11-9)7-10-2-5-13-8-10;/h9-11H,2-8H2,1H3;1H/t9-,10?;/m0./s1. The lowest BCUT2D eigenvalue weighted by Gasteiger charge is -2.33. The van der Waals surface area contributed by atoms with Gasteiger partial charge in [-0.15, -0.1) is 12.4 Å². The summed E-state index contributed by atoms with van der Waals surface area (Å²) in [4.78, 5) is 2.64. The monoisotopic (exact) mass is 236 g/mol. The second kappa shape index (κ2) is 6.21. The molecule has 2 aliphatic heterocycles. The van der Waals surface area contributed by atoms with Crippen molar-refractivity contribution in [2.24, 2.45) is 5.92 Å². The third-order valence-corrected chi connectivity index (χ3v) is 4.22. The third-order valence-electron chi connectivity index (χ3n) is 2.99. The van der Waals surface area contributed by atoms with Crippen molar-refractivity contribution >= 4 is 24.2 Å². The van der Waals surface area contributed by atoms with E-state index in [2.05, 4.69) is 28.9 Å². The molecule has 1 N–H and O–H groups in total. The first-order valence-electron chi connectivity index (χ1n) is 5.38. The van der Waals surface area contributed by atoms with Gasteiger partial charge in [-0.3, -0.25) is 0 Å². The maximum atomic E-state index is 3.49. The second-order valence-electron chi connectivity index (χ2n) is 4.34. The van der Waals surface area contributed by atoms with Gasteiger partial charge in [0.1, 0.15) is 0 Å². The van der Waals surface area contributed by atoms with Gasteiger partial charge in [-0.1, -0.05) is 0 Å². The number of hydrogen-bond donors (Lipinski definition) is 1. The first-order valence-corrected chi connectivity index (χ1v) is 6.53. The molecule has 2 aliphatic rings. The van der Waals surface area contributed by atoms with E-state index in [-0.39, 0.29) is 12.4 Å². The minimum Gasteiger partial charge on any atom is -0.312 e. The molecule has 2 rings (SSSR count). The molecule has 0 aliphatic carbocycles. The minimum atomic E-state index is 0. The van der Waals surface area contributed by atoms with Crippen molar-refractivity contribution in [3.63, 3.8) is 0 Å². The molecule has 0 amide bonds. The molecule has 2 heterocycles. The van der Waals surface area contributed by atoms with Gasteiger partial charge < -0.3 is 10.2 Å². The van der Waals surface area contributed by atoms with Crippen molar-refractivity contribution in [3.8, 4) is 0 Å². The quantitative estimate of drug-likeness (QED) is 0.782. The Morgan fingerprint density at radius 2 is 2.36 bits per heavy atom. The molecule has 14 heavy (non-hydrogen) atoms. The van der Waals surface area contributed by atoms with Gasteiger partial charge in [-0.05, 0) is 30.8 Å². The highest BCUT2D eigenvalue weighted by atomic mass is 35.5. The topological polar surface area (TPSA) is 15.3 Å². The summed E-state index contributed by atoms with van der Waals surface area (Å²) in [6, 6.07) is 0.697. The molecule has 2 nitrogen and oxygen atoms in total. The van der Waals surface area contributed by atoms with Crippen LogP contribution in [0.3, 0.4) is 0 Å². The number of hydrogen-bond acceptors (Lipinski definition) is 3. The highest BCUT2D eigenvalue weighted by Crippen LogP contribution is 2.24. The lowest BCUT2D eigenvalue weighted by molar-refractivity contribution is 0.185. The molecular weight excluding hydrogens is 216 g/mol. The van der Waals surface area contributed by atoms with Crippen LogP contribution >= 0.6 is 24.2 Å². The molecule has 2 atom stereocenters. The Bertz CT molecular complexity index is 162. The van der Waals surface area contributed by atoms with E-state index in [0.29, 0.717) is 6.04 Å². The van der Waals surface area contributed by atoms with Crippen molar-refractivity contribution in [1.82, 2.24) is 10.2 Å². The van der Waals surface area contributed by atoms with Gasteiger partial charge in [-0.2, -0.15) is 11.8 Å². The summed E-state index contributed by atoms with van der Waals surface area (Å²) in [5.41, 5.74) is 0. The van der Waals surface area contributed by atoms with Crippen LogP contribution in [0.5, 0.6) is 0 Å². The van der Waals surface area contributed by atoms with Gasteiger partial charge in [0.15, 0.2) is 0 Å². The molecule has 0 aromatic carbocycles. The SMILES string of the molecule is C[C@H]1CN(CC2CCSC2)CCN1.Cl. The fourth-order valence-electron chi connectivity index (χ4n) is 2.27. The lowest BCUT2D eigenvalue weighted by atomic mass is 10.1. The van der Waals surface area contributed by atoms with E-state index in [4.69, 9.17) is 0 Å². The zero-order valence-electron chi connectivity index (χ0n) is 8.87. The summed E-state index contributed by atoms with van der Waals surface area (Å²) >= 11 is 2.13. The molecule has 0 saturated carbocycles. The van der Waals surface area contributed by atoms with Gasteiger partial charge in [-0.25, -0.2) is 0 Å². The maximum Gasteiger partial charge on any atom is 0.0167 e. The Hall–Kier alpha value is 0.560. The Labute approximate surface area is 97.6 Å². The lowest BCUT2D eigenvalue weighted by Crippen LogP contribution is -2.50. The molecule has 0 aromatic rings. The second-order valence-corrected chi connectivity index (χ2v) is 5.49. The Balaban J connectivity index is 0.000000980. The predicted molar refractivity (Wildman–Crippen MR) is 66.6 cm³/mol. The van der Waals surface area contributed by atoms with Crippen LogP contribution in [0.4, 0.5) is 0 Å². The summed E-state index contributed by atoms with van der Waals surface area (Å²) in [5.74, 6) is 3.78. The van der Waals surface area contributed by atoms with Crippen molar-refractivity contribution < 1.29 is 0 Å². The van der Waals surface area contributed by atoms with Crippen molar-refractivity contribution in [2.45, 2.75) is 19.4 Å². The summed E-state index contributed by atoms with van der Waals surface area (Å²) in [5, 5.41) is 3.49. The van der Waals surface area contributed by atoms with Gasteiger partial charge in [0.05, 0.1) is 0 Å². The van der Waals surface area contributed by atoms with E-state index in [0.717, 1.165) is 5.92 Å². The smallest absolute Gasteiger partial charge is 0.0167 e. The van der Waals surface area contributed by atoms with E-state index in [1.807, 2.05) is 0 Å². The first kappa shape index (κ1) is 12.6. The molecule has 2 saturated heterocycles. The van der Waals surface area contributed by atoms with Crippen molar-refractivity contribution in [3.05, 3.63) is 0 Å². The Morgan fingerprint density at radius 3 is 3.00 bits per heavy atom. The Kier molecular flexibility index (Phi) is 5.60. The molecule has 0 radical (unpaired) electrons. The van der Waals surface area contributed by atoms with Crippen LogP contribution in [0.2, 0.25) is 0 Å². The van der Waals surface area contributed by atoms with E-state index in [1.165, 1.54) is 44.1 Å². The molecule has 0 spiro atoms. The van der Waals surface area contributed by atoms with Crippen LogP contribution in [0.15, 0.2) is 0 Å². The number of rotatable bonds is 2. The average Bonchev–Trinajstić information content (AvgIpc) is 2.57. The summed E-state index contributed by atoms with van der Waals surface area (Å²) < 4.78 is 0. The van der Waals surface area contributed by atoms with E-state index in [1.54, 1.807) is 0 Å². The fourth-order valence-corrected chi connectivity index (χ4v) is 3.54. The summed E-state index contributed by atoms with van der Waals surface area (Å²) in [6.45, 7) is 7.32. The number of thioether (sulfide) groups is 1. The number of nitrogens with zero attached hydrogens (tertiary/aromatic N) is 1. The third kappa shape index (κ3) is 3.61. The van der Waals surface area contributed by atoms with Gasteiger partial charge >= 0.3 is 0 Å². The van der Waals surface area contributed by atoms with E-state index in [9.17, 15) is 0 Å². The highest BCUT2D eigenvalue weighted by molar-refractivity contribution is 7.99. The molecular formula is C10H21ClN2S. The van der Waals surface area contributed by atoms with Gasteiger partial charge in [0.2, 0.25) is 0 Å². The molecule has 0 aromatic heterocycles. The summed E-state index contributed by atoms with van der Waals surface area (Å²) in [6.07, 6.45) is 1.45. The molecule has 4 heteroatoms. The van der Waals surface area contributed by atoms with Crippen LogP contribution in [0.1, 0.15) is 13.3 Å². The van der Waals surface area contributed by atoms with Crippen molar-refractivity contribution in [1.29, 1.82) is 0 Å². The molecule has 84 valence electrons. The van der Waals surface area contributed by atoms with Gasteiger partial charge in [0, 0.05) is 32.2 Å². The molecule has 0 bridgehead atoms. The largest absolute Gasteiger partial charge is 0.312 e. The molecule has 1 unspecified atom stereocenters. The summed E-state index contributed by atoms with van der Waals surface area (Å²) in [7, 11) is 0. The van der Waals surface area contributed by atoms with E-state index < -0.39 is 0 Å². The predicted octanol–water partition coefficient (Wildman–Crippen LogP) is 1.45. The number of halogens is 1. The minimum absolute atomic E-state index is 0. The number of nitrogens with one attached hydrogen (secondary N) is 1. The number of piperazine rings is 1. The van der Waals surface area contributed by atoms with Crippen LogP contribution < -0.4 is 5.32 Å². The van der Waals surface area contributed by atoms with E-state index >= 15 is 0 Å². The Morgan fingerprint density at radius 1 is 1.50 bits per heavy atom. The average molecular weight is 237 g/mol. The van der Waals surface area contributed by atoms with Crippen LogP contribution in [-0.4, -0.2) is 48.6 Å². The first-order chi connectivity index (χ1) is 6.34. The fraction of sp³-hybridized carbons (Fsp3) is 1.00.